The lowest BCUT2D eigenvalue weighted by atomic mass is 10.1. The van der Waals surface area contributed by atoms with Gasteiger partial charge in [-0.15, -0.1) is 0 Å². The summed E-state index contributed by atoms with van der Waals surface area (Å²) in [6.07, 6.45) is 0.812. The van der Waals surface area contributed by atoms with Crippen LogP contribution in [0.5, 0.6) is 11.5 Å². The van der Waals surface area contributed by atoms with E-state index in [1.54, 1.807) is 36.4 Å². The molecule has 7 heteroatoms. The summed E-state index contributed by atoms with van der Waals surface area (Å²) in [6.45, 7) is 2.51. The summed E-state index contributed by atoms with van der Waals surface area (Å²) in [5.74, 6) is 0.294. The molecule has 2 N–H and O–H groups in total. The molecule has 2 amide bonds. The van der Waals surface area contributed by atoms with E-state index < -0.39 is 5.91 Å². The Balaban J connectivity index is 2.28. The lowest BCUT2D eigenvalue weighted by molar-refractivity contribution is 0.0954. The monoisotopic (exact) mass is 376 g/mol. The van der Waals surface area contributed by atoms with E-state index in [0.717, 1.165) is 6.42 Å². The zero-order chi connectivity index (χ0) is 19.1. The molecule has 0 fully saturated rings. The van der Waals surface area contributed by atoms with Gasteiger partial charge >= 0.3 is 0 Å². The predicted octanol–water partition coefficient (Wildman–Crippen LogP) is 3.75. The van der Waals surface area contributed by atoms with Crippen molar-refractivity contribution in [3.63, 3.8) is 0 Å². The van der Waals surface area contributed by atoms with Crippen LogP contribution in [0.3, 0.4) is 0 Å². The van der Waals surface area contributed by atoms with Gasteiger partial charge in [0.15, 0.2) is 11.5 Å². The van der Waals surface area contributed by atoms with E-state index in [9.17, 15) is 9.59 Å². The Hall–Kier alpha value is -2.73. The average molecular weight is 377 g/mol. The molecule has 0 unspecified atom stereocenters. The molecule has 138 valence electrons. The Morgan fingerprint density at radius 1 is 1.00 bits per heavy atom. The maximum absolute atomic E-state index is 12.6. The second-order valence-corrected chi connectivity index (χ2v) is 5.91. The number of amides is 2. The summed E-state index contributed by atoms with van der Waals surface area (Å²) in [5.41, 5.74) is 1.05. The van der Waals surface area contributed by atoms with Gasteiger partial charge < -0.3 is 20.1 Å². The van der Waals surface area contributed by atoms with E-state index in [1.807, 2.05) is 6.92 Å². The molecule has 0 saturated heterocycles. The summed E-state index contributed by atoms with van der Waals surface area (Å²) in [5, 5.41) is 5.93. The van der Waals surface area contributed by atoms with Gasteiger partial charge in [0, 0.05) is 17.1 Å². The zero-order valence-electron chi connectivity index (χ0n) is 14.9. The minimum atomic E-state index is -0.391. The highest BCUT2D eigenvalue weighted by Crippen LogP contribution is 2.28. The van der Waals surface area contributed by atoms with Crippen LogP contribution in [0.4, 0.5) is 5.69 Å². The lowest BCUT2D eigenvalue weighted by Gasteiger charge is -2.13. The van der Waals surface area contributed by atoms with Gasteiger partial charge in [0.05, 0.1) is 25.5 Å². The minimum Gasteiger partial charge on any atom is -0.493 e. The molecular formula is C19H21ClN2O4. The Morgan fingerprint density at radius 3 is 2.38 bits per heavy atom. The normalized spacial score (nSPS) is 10.2. The van der Waals surface area contributed by atoms with Gasteiger partial charge in [-0.3, -0.25) is 9.59 Å². The highest BCUT2D eigenvalue weighted by Gasteiger charge is 2.16. The SMILES string of the molecule is CCCNC(=O)c1ccc(Cl)cc1NC(=O)c1ccc(OC)c(OC)c1. The van der Waals surface area contributed by atoms with Crippen LogP contribution in [0.1, 0.15) is 34.1 Å². The van der Waals surface area contributed by atoms with Gasteiger partial charge in [-0.25, -0.2) is 0 Å². The molecule has 2 aromatic rings. The van der Waals surface area contributed by atoms with Gasteiger partial charge in [0.1, 0.15) is 0 Å². The molecule has 0 heterocycles. The van der Waals surface area contributed by atoms with Gasteiger partial charge in [-0.2, -0.15) is 0 Å². The topological polar surface area (TPSA) is 76.7 Å². The summed E-state index contributed by atoms with van der Waals surface area (Å²) >= 11 is 6.02. The van der Waals surface area contributed by atoms with Crippen LogP contribution in [0.2, 0.25) is 5.02 Å². The summed E-state index contributed by atoms with van der Waals surface area (Å²) in [7, 11) is 3.01. The largest absolute Gasteiger partial charge is 0.493 e. The van der Waals surface area contributed by atoms with Crippen LogP contribution in [-0.4, -0.2) is 32.6 Å². The van der Waals surface area contributed by atoms with Crippen molar-refractivity contribution in [2.45, 2.75) is 13.3 Å². The second-order valence-electron chi connectivity index (χ2n) is 5.47. The van der Waals surface area contributed by atoms with Crippen LogP contribution >= 0.6 is 11.6 Å². The molecule has 0 bridgehead atoms. The third kappa shape index (κ3) is 4.67. The van der Waals surface area contributed by atoms with Crippen molar-refractivity contribution >= 4 is 29.1 Å². The molecule has 0 aliphatic rings. The number of halogens is 1. The number of anilines is 1. The quantitative estimate of drug-likeness (QED) is 0.771. The number of methoxy groups -OCH3 is 2. The summed E-state index contributed by atoms with van der Waals surface area (Å²) in [6, 6.07) is 9.54. The molecule has 0 spiro atoms. The number of nitrogens with one attached hydrogen (secondary N) is 2. The first kappa shape index (κ1) is 19.6. The molecule has 0 aromatic heterocycles. The van der Waals surface area contributed by atoms with Gasteiger partial charge in [-0.05, 0) is 42.8 Å². The Morgan fingerprint density at radius 2 is 1.73 bits per heavy atom. The molecular weight excluding hydrogens is 356 g/mol. The smallest absolute Gasteiger partial charge is 0.255 e. The van der Waals surface area contributed by atoms with E-state index in [0.29, 0.717) is 39.9 Å². The Labute approximate surface area is 157 Å². The molecule has 2 aromatic carbocycles. The highest BCUT2D eigenvalue weighted by atomic mass is 35.5. The number of benzene rings is 2. The third-order valence-electron chi connectivity index (χ3n) is 3.66. The minimum absolute atomic E-state index is 0.272. The van der Waals surface area contributed by atoms with Crippen molar-refractivity contribution in [2.24, 2.45) is 0 Å². The summed E-state index contributed by atoms with van der Waals surface area (Å²) < 4.78 is 10.4. The first-order valence-corrected chi connectivity index (χ1v) is 8.49. The van der Waals surface area contributed by atoms with Crippen LogP contribution in [0.15, 0.2) is 36.4 Å². The first-order valence-electron chi connectivity index (χ1n) is 8.11. The van der Waals surface area contributed by atoms with Crippen molar-refractivity contribution < 1.29 is 19.1 Å². The van der Waals surface area contributed by atoms with E-state index in [4.69, 9.17) is 21.1 Å². The fraction of sp³-hybridized carbons (Fsp3) is 0.263. The van der Waals surface area contributed by atoms with Gasteiger partial charge in [0.25, 0.3) is 11.8 Å². The molecule has 0 radical (unpaired) electrons. The number of carbonyl (C=O) groups is 2. The molecule has 0 atom stereocenters. The molecule has 26 heavy (non-hydrogen) atoms. The van der Waals surface area contributed by atoms with Gasteiger partial charge in [-0.1, -0.05) is 18.5 Å². The fourth-order valence-electron chi connectivity index (χ4n) is 2.32. The van der Waals surface area contributed by atoms with Gasteiger partial charge in [0.2, 0.25) is 0 Å². The number of hydrogen-bond donors (Lipinski definition) is 2. The molecule has 6 nitrogen and oxygen atoms in total. The lowest BCUT2D eigenvalue weighted by Crippen LogP contribution is -2.25. The van der Waals surface area contributed by atoms with Crippen LogP contribution in [0.25, 0.3) is 0 Å². The van der Waals surface area contributed by atoms with Crippen LogP contribution in [-0.2, 0) is 0 Å². The second kappa shape index (κ2) is 9.10. The molecule has 0 aliphatic heterocycles. The standard InChI is InChI=1S/C19H21ClN2O4/c1-4-9-21-19(24)14-7-6-13(20)11-15(14)22-18(23)12-5-8-16(25-2)17(10-12)26-3/h5-8,10-11H,4,9H2,1-3H3,(H,21,24)(H,22,23). The van der Waals surface area contributed by atoms with Crippen LogP contribution < -0.4 is 20.1 Å². The molecule has 2 rings (SSSR count). The number of carbonyl (C=O) groups excluding carboxylic acids is 2. The predicted molar refractivity (Wildman–Crippen MR) is 102 cm³/mol. The van der Waals surface area contributed by atoms with Crippen molar-refractivity contribution in [1.29, 1.82) is 0 Å². The van der Waals surface area contributed by atoms with Crippen molar-refractivity contribution in [1.82, 2.24) is 5.32 Å². The Kier molecular flexibility index (Phi) is 6.86. The highest BCUT2D eigenvalue weighted by molar-refractivity contribution is 6.31. The number of hydrogen-bond acceptors (Lipinski definition) is 4. The molecule has 0 aliphatic carbocycles. The van der Waals surface area contributed by atoms with E-state index in [2.05, 4.69) is 10.6 Å². The third-order valence-corrected chi connectivity index (χ3v) is 3.89. The van der Waals surface area contributed by atoms with Crippen molar-refractivity contribution in [3.8, 4) is 11.5 Å². The van der Waals surface area contributed by atoms with Crippen molar-refractivity contribution in [2.75, 3.05) is 26.1 Å². The maximum atomic E-state index is 12.6. The molecule has 0 saturated carbocycles. The fourth-order valence-corrected chi connectivity index (χ4v) is 2.50. The van der Waals surface area contributed by atoms with E-state index in [-0.39, 0.29) is 5.91 Å². The van der Waals surface area contributed by atoms with E-state index in [1.165, 1.54) is 14.2 Å². The summed E-state index contributed by atoms with van der Waals surface area (Å²) in [4.78, 5) is 24.9. The average Bonchev–Trinajstić information content (AvgIpc) is 2.65. The Bertz CT molecular complexity index is 808. The zero-order valence-corrected chi connectivity index (χ0v) is 15.6. The number of rotatable bonds is 7. The van der Waals surface area contributed by atoms with E-state index >= 15 is 0 Å². The maximum Gasteiger partial charge on any atom is 0.255 e. The van der Waals surface area contributed by atoms with Crippen molar-refractivity contribution in [3.05, 3.63) is 52.5 Å². The van der Waals surface area contributed by atoms with Crippen LogP contribution in [0, 0.1) is 0 Å². The first-order chi connectivity index (χ1) is 12.5. The number of ether oxygens (including phenoxy) is 2.